The molecule has 1 aliphatic heterocycles. The number of carbonyl (C=O) groups is 1. The summed E-state index contributed by atoms with van der Waals surface area (Å²) in [7, 11) is 1.95. The molecule has 1 aliphatic rings. The van der Waals surface area contributed by atoms with Crippen molar-refractivity contribution in [2.45, 2.75) is 38.8 Å². The first kappa shape index (κ1) is 20.3. The molecule has 30 heavy (non-hydrogen) atoms. The van der Waals surface area contributed by atoms with E-state index in [4.69, 9.17) is 4.52 Å². The van der Waals surface area contributed by atoms with E-state index in [1.165, 1.54) is 23.4 Å². The fourth-order valence-corrected chi connectivity index (χ4v) is 3.89. The molecule has 0 bridgehead atoms. The molecule has 0 saturated carbocycles. The van der Waals surface area contributed by atoms with E-state index in [0.717, 1.165) is 38.2 Å². The lowest BCUT2D eigenvalue weighted by Gasteiger charge is -2.31. The van der Waals surface area contributed by atoms with Gasteiger partial charge in [-0.25, -0.2) is 4.39 Å². The number of aryl methyl sites for hydroxylation is 1. The maximum absolute atomic E-state index is 13.3. The Balaban J connectivity index is 1.35. The molecule has 0 radical (unpaired) electrons. The van der Waals surface area contributed by atoms with Gasteiger partial charge < -0.3 is 9.84 Å². The molecule has 7 nitrogen and oxygen atoms in total. The van der Waals surface area contributed by atoms with Crippen molar-refractivity contribution in [2.75, 3.05) is 13.1 Å². The SMILES string of the molecule is Cc1c(CN2CCCC(c3cc(C(=O)NCc4cccc(F)c4)on3)C2)cnn1C. The summed E-state index contributed by atoms with van der Waals surface area (Å²) in [4.78, 5) is 14.8. The maximum atomic E-state index is 13.3. The maximum Gasteiger partial charge on any atom is 0.290 e. The molecule has 1 atom stereocenters. The molecule has 4 rings (SSSR count). The van der Waals surface area contributed by atoms with E-state index in [-0.39, 0.29) is 29.9 Å². The Morgan fingerprint density at radius 3 is 3.00 bits per heavy atom. The smallest absolute Gasteiger partial charge is 0.290 e. The Morgan fingerprint density at radius 1 is 1.37 bits per heavy atom. The van der Waals surface area contributed by atoms with Crippen LogP contribution in [0, 0.1) is 12.7 Å². The van der Waals surface area contributed by atoms with Gasteiger partial charge in [-0.15, -0.1) is 0 Å². The number of carbonyl (C=O) groups excluding carboxylic acids is 1. The number of hydrogen-bond acceptors (Lipinski definition) is 5. The zero-order valence-electron chi connectivity index (χ0n) is 17.3. The first-order chi connectivity index (χ1) is 14.5. The molecular formula is C22H26FN5O2. The second-order valence-electron chi connectivity index (χ2n) is 7.88. The van der Waals surface area contributed by atoms with E-state index in [2.05, 4.69) is 27.4 Å². The number of halogens is 1. The number of nitrogens with zero attached hydrogens (tertiary/aromatic N) is 4. The lowest BCUT2D eigenvalue weighted by atomic mass is 9.94. The highest BCUT2D eigenvalue weighted by atomic mass is 19.1. The lowest BCUT2D eigenvalue weighted by molar-refractivity contribution is 0.0913. The van der Waals surface area contributed by atoms with E-state index in [9.17, 15) is 9.18 Å². The summed E-state index contributed by atoms with van der Waals surface area (Å²) in [5.41, 5.74) is 3.90. The van der Waals surface area contributed by atoms with Gasteiger partial charge in [0, 0.05) is 49.9 Å². The van der Waals surface area contributed by atoms with Crippen molar-refractivity contribution < 1.29 is 13.7 Å². The minimum Gasteiger partial charge on any atom is -0.351 e. The van der Waals surface area contributed by atoms with Gasteiger partial charge in [0.05, 0.1) is 11.9 Å². The van der Waals surface area contributed by atoms with Crippen molar-refractivity contribution in [1.82, 2.24) is 25.2 Å². The minimum atomic E-state index is -0.350. The van der Waals surface area contributed by atoms with Crippen LogP contribution in [0.4, 0.5) is 4.39 Å². The lowest BCUT2D eigenvalue weighted by Crippen LogP contribution is -2.34. The average Bonchev–Trinajstić information content (AvgIpc) is 3.36. The summed E-state index contributed by atoms with van der Waals surface area (Å²) >= 11 is 0. The second kappa shape index (κ2) is 8.79. The van der Waals surface area contributed by atoms with Gasteiger partial charge in [0.1, 0.15) is 5.82 Å². The second-order valence-corrected chi connectivity index (χ2v) is 7.88. The molecule has 8 heteroatoms. The summed E-state index contributed by atoms with van der Waals surface area (Å²) in [5, 5.41) is 11.2. The van der Waals surface area contributed by atoms with Gasteiger partial charge in [-0.3, -0.25) is 14.4 Å². The summed E-state index contributed by atoms with van der Waals surface area (Å²) in [6.45, 7) is 5.06. The van der Waals surface area contributed by atoms with Gasteiger partial charge in [0.2, 0.25) is 5.76 Å². The monoisotopic (exact) mass is 411 g/mol. The van der Waals surface area contributed by atoms with Crippen molar-refractivity contribution in [3.8, 4) is 0 Å². The van der Waals surface area contributed by atoms with Crippen LogP contribution in [-0.2, 0) is 20.1 Å². The van der Waals surface area contributed by atoms with Crippen LogP contribution in [0.3, 0.4) is 0 Å². The predicted molar refractivity (Wildman–Crippen MR) is 109 cm³/mol. The standard InChI is InChI=1S/C22H26FN5O2/c1-15-18(12-25-27(15)2)14-28-8-4-6-17(13-28)20-10-21(30-26-20)22(29)24-11-16-5-3-7-19(23)9-16/h3,5,7,9-10,12,17H,4,6,8,11,13-14H2,1-2H3,(H,24,29). The van der Waals surface area contributed by atoms with Gasteiger partial charge in [-0.1, -0.05) is 17.3 Å². The Labute approximate surface area is 174 Å². The predicted octanol–water partition coefficient (Wildman–Crippen LogP) is 3.17. The van der Waals surface area contributed by atoms with E-state index >= 15 is 0 Å². The van der Waals surface area contributed by atoms with Crippen molar-refractivity contribution in [3.05, 3.63) is 70.6 Å². The van der Waals surface area contributed by atoms with Gasteiger partial charge in [0.15, 0.2) is 0 Å². The number of hydrogen-bond donors (Lipinski definition) is 1. The number of aromatic nitrogens is 3. The molecule has 1 unspecified atom stereocenters. The largest absolute Gasteiger partial charge is 0.351 e. The summed E-state index contributed by atoms with van der Waals surface area (Å²) in [6.07, 6.45) is 4.01. The zero-order valence-corrected chi connectivity index (χ0v) is 17.3. The minimum absolute atomic E-state index is 0.182. The van der Waals surface area contributed by atoms with Crippen LogP contribution in [0.5, 0.6) is 0 Å². The summed E-state index contributed by atoms with van der Waals surface area (Å²) in [6, 6.07) is 7.87. The van der Waals surface area contributed by atoms with Crippen LogP contribution in [0.25, 0.3) is 0 Å². The van der Waals surface area contributed by atoms with Crippen molar-refractivity contribution in [2.24, 2.45) is 7.05 Å². The molecule has 1 amide bonds. The van der Waals surface area contributed by atoms with Crippen LogP contribution in [0.1, 0.15) is 51.8 Å². The van der Waals surface area contributed by atoms with Crippen LogP contribution < -0.4 is 5.32 Å². The zero-order chi connectivity index (χ0) is 21.1. The molecule has 1 saturated heterocycles. The third kappa shape index (κ3) is 4.59. The molecular weight excluding hydrogens is 385 g/mol. The van der Waals surface area contributed by atoms with Gasteiger partial charge in [-0.2, -0.15) is 5.10 Å². The number of likely N-dealkylation sites (tertiary alicyclic amines) is 1. The molecule has 1 fully saturated rings. The van der Waals surface area contributed by atoms with E-state index in [0.29, 0.717) is 5.56 Å². The highest BCUT2D eigenvalue weighted by molar-refractivity contribution is 5.91. The highest BCUT2D eigenvalue weighted by Gasteiger charge is 2.26. The first-order valence-electron chi connectivity index (χ1n) is 10.2. The number of rotatable bonds is 6. The molecule has 0 aliphatic carbocycles. The van der Waals surface area contributed by atoms with Crippen LogP contribution in [-0.4, -0.2) is 38.8 Å². The van der Waals surface area contributed by atoms with Gasteiger partial charge in [-0.05, 0) is 44.0 Å². The van der Waals surface area contributed by atoms with E-state index in [1.807, 2.05) is 17.9 Å². The van der Waals surface area contributed by atoms with Crippen molar-refractivity contribution >= 4 is 5.91 Å². The Bertz CT molecular complexity index is 1030. The molecule has 1 aromatic carbocycles. The summed E-state index contributed by atoms with van der Waals surface area (Å²) < 4.78 is 20.5. The molecule has 2 aromatic heterocycles. The molecule has 158 valence electrons. The molecule has 1 N–H and O–H groups in total. The van der Waals surface area contributed by atoms with Crippen LogP contribution in [0.15, 0.2) is 41.1 Å². The fourth-order valence-electron chi connectivity index (χ4n) is 3.89. The fraction of sp³-hybridized carbons (Fsp3) is 0.409. The van der Waals surface area contributed by atoms with Crippen LogP contribution >= 0.6 is 0 Å². The third-order valence-corrected chi connectivity index (χ3v) is 5.75. The third-order valence-electron chi connectivity index (χ3n) is 5.75. The number of benzene rings is 1. The number of amides is 1. The topological polar surface area (TPSA) is 76.2 Å². The Morgan fingerprint density at radius 2 is 2.23 bits per heavy atom. The Kier molecular flexibility index (Phi) is 5.94. The number of piperidine rings is 1. The molecule has 3 heterocycles. The first-order valence-corrected chi connectivity index (χ1v) is 10.2. The molecule has 0 spiro atoms. The quantitative estimate of drug-likeness (QED) is 0.674. The Hall–Kier alpha value is -3.00. The highest BCUT2D eigenvalue weighted by Crippen LogP contribution is 2.28. The van der Waals surface area contributed by atoms with E-state index < -0.39 is 0 Å². The summed E-state index contributed by atoms with van der Waals surface area (Å²) in [5.74, 6) is -0.269. The van der Waals surface area contributed by atoms with Crippen molar-refractivity contribution in [1.29, 1.82) is 0 Å². The van der Waals surface area contributed by atoms with Crippen molar-refractivity contribution in [3.63, 3.8) is 0 Å². The van der Waals surface area contributed by atoms with Crippen LogP contribution in [0.2, 0.25) is 0 Å². The van der Waals surface area contributed by atoms with E-state index in [1.54, 1.807) is 18.2 Å². The number of nitrogens with one attached hydrogen (secondary N) is 1. The van der Waals surface area contributed by atoms with Gasteiger partial charge >= 0.3 is 0 Å². The normalized spacial score (nSPS) is 17.2. The molecule has 3 aromatic rings. The average molecular weight is 411 g/mol. The van der Waals surface area contributed by atoms with Gasteiger partial charge in [0.25, 0.3) is 5.91 Å².